The highest BCUT2D eigenvalue weighted by Gasteiger charge is 2.23. The van der Waals surface area contributed by atoms with Gasteiger partial charge in [0.25, 0.3) is 0 Å². The zero-order valence-electron chi connectivity index (χ0n) is 6.90. The summed E-state index contributed by atoms with van der Waals surface area (Å²) in [7, 11) is 1.86. The van der Waals surface area contributed by atoms with E-state index in [-0.39, 0.29) is 11.3 Å². The van der Waals surface area contributed by atoms with Gasteiger partial charge in [0.2, 0.25) is 5.91 Å². The zero-order chi connectivity index (χ0) is 8.20. The number of hydrogen-bond acceptors (Lipinski definition) is 2. The Balaban J connectivity index is 3.75. The molecule has 0 heterocycles. The smallest absolute Gasteiger partial charge is 0.223 e. The van der Waals surface area contributed by atoms with Gasteiger partial charge < -0.3 is 11.1 Å². The Labute approximate surface area is 62.0 Å². The van der Waals surface area contributed by atoms with Crippen molar-refractivity contribution in [2.45, 2.75) is 20.3 Å². The van der Waals surface area contributed by atoms with Crippen LogP contribution in [0.5, 0.6) is 0 Å². The highest BCUT2D eigenvalue weighted by atomic mass is 16.1. The van der Waals surface area contributed by atoms with Crippen molar-refractivity contribution in [1.82, 2.24) is 5.32 Å². The molecule has 0 spiro atoms. The van der Waals surface area contributed by atoms with Crippen LogP contribution in [0.4, 0.5) is 0 Å². The molecule has 3 N–H and O–H groups in total. The number of carbonyl (C=O) groups is 1. The van der Waals surface area contributed by atoms with Crippen molar-refractivity contribution in [3.63, 3.8) is 0 Å². The third kappa shape index (κ3) is 2.82. The molecule has 0 radical (unpaired) electrons. The second-order valence-corrected chi connectivity index (χ2v) is 3.10. The van der Waals surface area contributed by atoms with Gasteiger partial charge in [0, 0.05) is 5.41 Å². The Bertz CT molecular complexity index is 121. The van der Waals surface area contributed by atoms with E-state index < -0.39 is 0 Å². The van der Waals surface area contributed by atoms with Crippen molar-refractivity contribution in [2.75, 3.05) is 13.6 Å². The molecule has 0 rings (SSSR count). The number of amides is 1. The third-order valence-electron chi connectivity index (χ3n) is 1.67. The summed E-state index contributed by atoms with van der Waals surface area (Å²) in [5.41, 5.74) is 4.77. The average Bonchev–Trinajstić information content (AvgIpc) is 1.84. The molecule has 0 fully saturated rings. The maximum absolute atomic E-state index is 10.7. The van der Waals surface area contributed by atoms with Crippen molar-refractivity contribution in [2.24, 2.45) is 11.1 Å². The molecular weight excluding hydrogens is 128 g/mol. The minimum Gasteiger partial charge on any atom is -0.369 e. The SMILES string of the molecule is CNCCC(C)(C)C(N)=O. The van der Waals surface area contributed by atoms with Crippen LogP contribution in [-0.2, 0) is 4.79 Å². The van der Waals surface area contributed by atoms with Crippen LogP contribution in [0.25, 0.3) is 0 Å². The number of nitrogens with one attached hydrogen (secondary N) is 1. The van der Waals surface area contributed by atoms with Gasteiger partial charge in [0.05, 0.1) is 0 Å². The summed E-state index contributed by atoms with van der Waals surface area (Å²) in [6.07, 6.45) is 0.791. The molecule has 0 atom stereocenters. The van der Waals surface area contributed by atoms with Gasteiger partial charge in [0.1, 0.15) is 0 Å². The molecule has 0 unspecified atom stereocenters. The van der Waals surface area contributed by atoms with Crippen molar-refractivity contribution < 1.29 is 4.79 Å². The van der Waals surface area contributed by atoms with Gasteiger partial charge in [-0.2, -0.15) is 0 Å². The van der Waals surface area contributed by atoms with Crippen molar-refractivity contribution >= 4 is 5.91 Å². The largest absolute Gasteiger partial charge is 0.369 e. The predicted molar refractivity (Wildman–Crippen MR) is 41.5 cm³/mol. The summed E-state index contributed by atoms with van der Waals surface area (Å²) in [4.78, 5) is 10.7. The van der Waals surface area contributed by atoms with E-state index in [0.717, 1.165) is 13.0 Å². The average molecular weight is 144 g/mol. The summed E-state index contributed by atoms with van der Waals surface area (Å²) in [5.74, 6) is -0.234. The second kappa shape index (κ2) is 3.56. The van der Waals surface area contributed by atoms with Crippen LogP contribution in [0.3, 0.4) is 0 Å². The van der Waals surface area contributed by atoms with E-state index in [1.807, 2.05) is 20.9 Å². The molecule has 0 aromatic heterocycles. The minimum absolute atomic E-state index is 0.234. The van der Waals surface area contributed by atoms with Gasteiger partial charge in [-0.25, -0.2) is 0 Å². The number of hydrogen-bond donors (Lipinski definition) is 2. The Hall–Kier alpha value is -0.570. The van der Waals surface area contributed by atoms with E-state index in [9.17, 15) is 4.79 Å². The minimum atomic E-state index is -0.372. The first-order valence-electron chi connectivity index (χ1n) is 3.45. The summed E-state index contributed by atoms with van der Waals surface area (Å²) >= 11 is 0. The molecule has 0 aliphatic rings. The fraction of sp³-hybridized carbons (Fsp3) is 0.857. The first kappa shape index (κ1) is 9.43. The second-order valence-electron chi connectivity index (χ2n) is 3.10. The molecule has 60 valence electrons. The maximum Gasteiger partial charge on any atom is 0.223 e. The lowest BCUT2D eigenvalue weighted by Gasteiger charge is -2.19. The van der Waals surface area contributed by atoms with Gasteiger partial charge in [-0.3, -0.25) is 4.79 Å². The van der Waals surface area contributed by atoms with Crippen LogP contribution >= 0.6 is 0 Å². The first-order chi connectivity index (χ1) is 4.50. The monoisotopic (exact) mass is 144 g/mol. The topological polar surface area (TPSA) is 55.1 Å². The van der Waals surface area contributed by atoms with Gasteiger partial charge in [-0.05, 0) is 20.0 Å². The zero-order valence-corrected chi connectivity index (χ0v) is 6.90. The van der Waals surface area contributed by atoms with E-state index in [0.29, 0.717) is 0 Å². The quantitative estimate of drug-likeness (QED) is 0.588. The molecule has 0 saturated heterocycles. The molecule has 10 heavy (non-hydrogen) atoms. The summed E-state index contributed by atoms with van der Waals surface area (Å²) in [6, 6.07) is 0. The fourth-order valence-electron chi connectivity index (χ4n) is 0.561. The highest BCUT2D eigenvalue weighted by Crippen LogP contribution is 2.17. The van der Waals surface area contributed by atoms with Crippen LogP contribution < -0.4 is 11.1 Å². The molecule has 0 aromatic rings. The Morgan fingerprint density at radius 2 is 2.10 bits per heavy atom. The highest BCUT2D eigenvalue weighted by molar-refractivity contribution is 5.79. The molecule has 3 heteroatoms. The lowest BCUT2D eigenvalue weighted by atomic mass is 9.89. The van der Waals surface area contributed by atoms with E-state index in [4.69, 9.17) is 5.73 Å². The van der Waals surface area contributed by atoms with Crippen LogP contribution in [0.2, 0.25) is 0 Å². The predicted octanol–water partition coefficient (Wildman–Crippen LogP) is 0.107. The van der Waals surface area contributed by atoms with E-state index in [1.54, 1.807) is 0 Å². The summed E-state index contributed by atoms with van der Waals surface area (Å²) < 4.78 is 0. The van der Waals surface area contributed by atoms with Gasteiger partial charge in [0.15, 0.2) is 0 Å². The fourth-order valence-corrected chi connectivity index (χ4v) is 0.561. The van der Waals surface area contributed by atoms with Crippen LogP contribution in [0.1, 0.15) is 20.3 Å². The first-order valence-corrected chi connectivity index (χ1v) is 3.45. The molecule has 0 saturated carbocycles. The van der Waals surface area contributed by atoms with Crippen LogP contribution in [0.15, 0.2) is 0 Å². The van der Waals surface area contributed by atoms with E-state index >= 15 is 0 Å². The normalized spacial score (nSPS) is 11.5. The van der Waals surface area contributed by atoms with Crippen molar-refractivity contribution in [3.05, 3.63) is 0 Å². The Morgan fingerprint density at radius 1 is 1.60 bits per heavy atom. The van der Waals surface area contributed by atoms with Crippen LogP contribution in [0, 0.1) is 5.41 Å². The van der Waals surface area contributed by atoms with Crippen LogP contribution in [-0.4, -0.2) is 19.5 Å². The standard InChI is InChI=1S/C7H16N2O/c1-7(2,6(8)10)4-5-9-3/h9H,4-5H2,1-3H3,(H2,8,10). The van der Waals surface area contributed by atoms with Gasteiger partial charge in [-0.1, -0.05) is 13.8 Å². The maximum atomic E-state index is 10.7. The van der Waals surface area contributed by atoms with E-state index in [2.05, 4.69) is 5.32 Å². The Morgan fingerprint density at radius 3 is 2.40 bits per heavy atom. The van der Waals surface area contributed by atoms with Crippen molar-refractivity contribution in [1.29, 1.82) is 0 Å². The Kier molecular flexibility index (Phi) is 3.36. The number of primary amides is 1. The number of nitrogens with two attached hydrogens (primary N) is 1. The summed E-state index contributed by atoms with van der Waals surface area (Å²) in [5, 5.41) is 2.97. The lowest BCUT2D eigenvalue weighted by Crippen LogP contribution is -2.33. The number of rotatable bonds is 4. The summed E-state index contributed by atoms with van der Waals surface area (Å²) in [6.45, 7) is 4.54. The van der Waals surface area contributed by atoms with Gasteiger partial charge >= 0.3 is 0 Å². The lowest BCUT2D eigenvalue weighted by molar-refractivity contribution is -0.126. The molecule has 1 amide bonds. The molecule has 3 nitrogen and oxygen atoms in total. The van der Waals surface area contributed by atoms with Gasteiger partial charge in [-0.15, -0.1) is 0 Å². The molecule has 0 aromatic carbocycles. The number of carbonyl (C=O) groups excluding carboxylic acids is 1. The van der Waals surface area contributed by atoms with Crippen molar-refractivity contribution in [3.8, 4) is 0 Å². The molecule has 0 aliphatic carbocycles. The third-order valence-corrected chi connectivity index (χ3v) is 1.67. The molecule has 0 bridgehead atoms. The molecule has 0 aliphatic heterocycles. The molecular formula is C7H16N2O. The van der Waals surface area contributed by atoms with E-state index in [1.165, 1.54) is 0 Å².